The molecule has 4 rings (SSSR count). The van der Waals surface area contributed by atoms with Crippen molar-refractivity contribution in [2.24, 2.45) is 23.2 Å². The van der Waals surface area contributed by atoms with Crippen LogP contribution < -0.4 is 0 Å². The Morgan fingerprint density at radius 1 is 1.30 bits per heavy atom. The van der Waals surface area contributed by atoms with Gasteiger partial charge in [0, 0.05) is 6.61 Å². The molecule has 20 heavy (non-hydrogen) atoms. The summed E-state index contributed by atoms with van der Waals surface area (Å²) in [6, 6.07) is 0. The van der Waals surface area contributed by atoms with Crippen LogP contribution in [0.15, 0.2) is 23.1 Å². The van der Waals surface area contributed by atoms with Gasteiger partial charge in [0.05, 0.1) is 0 Å². The number of hydrogen-bond donors (Lipinski definition) is 1. The maximum absolute atomic E-state index is 10.0. The van der Waals surface area contributed by atoms with Crippen LogP contribution >= 0.6 is 10.0 Å². The van der Waals surface area contributed by atoms with E-state index in [1.54, 1.807) is 4.91 Å². The molecule has 0 saturated heterocycles. The van der Waals surface area contributed by atoms with E-state index < -0.39 is 10.0 Å². The third-order valence-corrected chi connectivity index (χ3v) is 10.4. The van der Waals surface area contributed by atoms with Crippen LogP contribution in [0.3, 0.4) is 0 Å². The van der Waals surface area contributed by atoms with Crippen LogP contribution in [0.1, 0.15) is 39.5 Å². The van der Waals surface area contributed by atoms with Gasteiger partial charge in [0.2, 0.25) is 0 Å². The molecule has 0 aromatic heterocycles. The van der Waals surface area contributed by atoms with E-state index in [9.17, 15) is 5.11 Å². The SMILES string of the molecule is CC1(C)C2CC1C(CO)C(S(C)(C)C1=CC=CCC1)C2. The molecule has 3 saturated carbocycles. The Kier molecular flexibility index (Phi) is 3.62. The zero-order valence-electron chi connectivity index (χ0n) is 13.4. The highest BCUT2D eigenvalue weighted by atomic mass is 32.3. The van der Waals surface area contributed by atoms with Crippen LogP contribution in [-0.4, -0.2) is 29.5 Å². The number of aliphatic hydroxyl groups is 1. The van der Waals surface area contributed by atoms with Crippen molar-refractivity contribution in [3.8, 4) is 0 Å². The second-order valence-electron chi connectivity index (χ2n) is 7.99. The molecule has 2 bridgehead atoms. The van der Waals surface area contributed by atoms with Crippen molar-refractivity contribution < 1.29 is 5.11 Å². The summed E-state index contributed by atoms with van der Waals surface area (Å²) in [5.41, 5.74) is 0.472. The minimum Gasteiger partial charge on any atom is -0.396 e. The van der Waals surface area contributed by atoms with Gasteiger partial charge >= 0.3 is 0 Å². The number of fused-ring (bicyclic) bond motifs is 2. The maximum Gasteiger partial charge on any atom is 0.0472 e. The summed E-state index contributed by atoms with van der Waals surface area (Å²) >= 11 is 0. The van der Waals surface area contributed by atoms with Gasteiger partial charge in [0.1, 0.15) is 0 Å². The standard InChI is InChI=1S/C18H30OS/c1-18(2)13-10-16(18)15(12-19)17(11-13)20(3,4)14-8-6-5-7-9-14/h5-6,8,13,15-17,19H,7,9-12H2,1-4H3. The minimum atomic E-state index is -0.749. The van der Waals surface area contributed by atoms with Gasteiger partial charge in [-0.3, -0.25) is 0 Å². The first-order chi connectivity index (χ1) is 9.39. The summed E-state index contributed by atoms with van der Waals surface area (Å²) in [5, 5.41) is 10.8. The van der Waals surface area contributed by atoms with Crippen LogP contribution in [-0.2, 0) is 0 Å². The molecular formula is C18H30OS. The van der Waals surface area contributed by atoms with E-state index in [1.165, 1.54) is 25.7 Å². The Hall–Kier alpha value is -0.210. The van der Waals surface area contributed by atoms with Gasteiger partial charge in [0.15, 0.2) is 0 Å². The van der Waals surface area contributed by atoms with Crippen LogP contribution in [0.25, 0.3) is 0 Å². The highest BCUT2D eigenvalue weighted by Gasteiger charge is 2.59. The minimum absolute atomic E-state index is 0.394. The van der Waals surface area contributed by atoms with Crippen molar-refractivity contribution in [2.45, 2.75) is 44.8 Å². The molecule has 4 atom stereocenters. The first kappa shape index (κ1) is 14.7. The van der Waals surface area contributed by atoms with Gasteiger partial charge in [-0.05, 0) is 71.5 Å². The Bertz CT molecular complexity index is 446. The summed E-state index contributed by atoms with van der Waals surface area (Å²) in [7, 11) is -0.749. The summed E-state index contributed by atoms with van der Waals surface area (Å²) < 4.78 is 0. The zero-order valence-corrected chi connectivity index (χ0v) is 14.2. The molecule has 0 aromatic rings. The molecule has 1 nitrogen and oxygen atoms in total. The third kappa shape index (κ3) is 2.02. The summed E-state index contributed by atoms with van der Waals surface area (Å²) in [4.78, 5) is 1.68. The topological polar surface area (TPSA) is 20.2 Å². The molecular weight excluding hydrogens is 264 g/mol. The van der Waals surface area contributed by atoms with Gasteiger partial charge in [-0.15, -0.1) is 0 Å². The Morgan fingerprint density at radius 2 is 2.05 bits per heavy atom. The molecule has 2 heteroatoms. The molecule has 3 fully saturated rings. The fourth-order valence-electron chi connectivity index (χ4n) is 5.03. The molecule has 0 radical (unpaired) electrons. The molecule has 0 spiro atoms. The number of rotatable bonds is 3. The Morgan fingerprint density at radius 3 is 2.60 bits per heavy atom. The van der Waals surface area contributed by atoms with Crippen LogP contribution in [0.2, 0.25) is 0 Å². The van der Waals surface area contributed by atoms with Crippen molar-refractivity contribution in [1.82, 2.24) is 0 Å². The number of hydrogen-bond acceptors (Lipinski definition) is 1. The van der Waals surface area contributed by atoms with Gasteiger partial charge in [-0.1, -0.05) is 32.1 Å². The maximum atomic E-state index is 10.0. The lowest BCUT2D eigenvalue weighted by atomic mass is 9.45. The Balaban J connectivity index is 1.86. The van der Waals surface area contributed by atoms with E-state index in [0.717, 1.165) is 17.1 Å². The van der Waals surface area contributed by atoms with Crippen molar-refractivity contribution in [3.05, 3.63) is 23.1 Å². The normalized spacial score (nSPS) is 40.0. The summed E-state index contributed by atoms with van der Waals surface area (Å²) in [5.74, 6) is 2.18. The Labute approximate surface area is 125 Å². The van der Waals surface area contributed by atoms with E-state index in [0.29, 0.717) is 17.9 Å². The van der Waals surface area contributed by atoms with Crippen molar-refractivity contribution in [3.63, 3.8) is 0 Å². The summed E-state index contributed by atoms with van der Waals surface area (Å²) in [6.07, 6.45) is 17.1. The van der Waals surface area contributed by atoms with Gasteiger partial charge < -0.3 is 5.11 Å². The molecule has 4 aliphatic rings. The monoisotopic (exact) mass is 294 g/mol. The molecule has 0 heterocycles. The van der Waals surface area contributed by atoms with E-state index in [2.05, 4.69) is 44.6 Å². The van der Waals surface area contributed by atoms with Crippen molar-refractivity contribution in [2.75, 3.05) is 19.1 Å². The van der Waals surface area contributed by atoms with Gasteiger partial charge in [-0.2, -0.15) is 0 Å². The highest BCUT2D eigenvalue weighted by Crippen LogP contribution is 2.70. The predicted molar refractivity (Wildman–Crippen MR) is 90.3 cm³/mol. The fourth-order valence-corrected chi connectivity index (χ4v) is 8.36. The second kappa shape index (κ2) is 4.91. The van der Waals surface area contributed by atoms with Crippen LogP contribution in [0.4, 0.5) is 0 Å². The lowest BCUT2D eigenvalue weighted by molar-refractivity contribution is -0.113. The lowest BCUT2D eigenvalue weighted by Gasteiger charge is -2.66. The largest absolute Gasteiger partial charge is 0.396 e. The lowest BCUT2D eigenvalue weighted by Crippen LogP contribution is -2.59. The van der Waals surface area contributed by atoms with E-state index in [4.69, 9.17) is 0 Å². The summed E-state index contributed by atoms with van der Waals surface area (Å²) in [6.45, 7) is 5.25. The van der Waals surface area contributed by atoms with Crippen LogP contribution in [0, 0.1) is 23.2 Å². The van der Waals surface area contributed by atoms with E-state index in [-0.39, 0.29) is 0 Å². The highest BCUT2D eigenvalue weighted by molar-refractivity contribution is 8.36. The van der Waals surface area contributed by atoms with E-state index >= 15 is 0 Å². The molecule has 0 aliphatic heterocycles. The van der Waals surface area contributed by atoms with E-state index in [1.807, 2.05) is 0 Å². The quantitative estimate of drug-likeness (QED) is 0.821. The molecule has 0 amide bonds. The number of aliphatic hydroxyl groups excluding tert-OH is 1. The first-order valence-electron chi connectivity index (χ1n) is 8.07. The molecule has 4 aliphatic carbocycles. The zero-order chi connectivity index (χ0) is 14.5. The molecule has 0 aromatic carbocycles. The van der Waals surface area contributed by atoms with Gasteiger partial charge in [-0.25, -0.2) is 10.0 Å². The van der Waals surface area contributed by atoms with Crippen molar-refractivity contribution >= 4 is 10.0 Å². The number of allylic oxidation sites excluding steroid dienone is 4. The smallest absolute Gasteiger partial charge is 0.0472 e. The predicted octanol–water partition coefficient (Wildman–Crippen LogP) is 4.33. The molecule has 114 valence electrons. The van der Waals surface area contributed by atoms with Crippen molar-refractivity contribution in [1.29, 1.82) is 0 Å². The molecule has 4 unspecified atom stereocenters. The molecule has 1 N–H and O–H groups in total. The third-order valence-electron chi connectivity index (χ3n) is 6.68. The van der Waals surface area contributed by atoms with Crippen LogP contribution in [0.5, 0.6) is 0 Å². The van der Waals surface area contributed by atoms with Gasteiger partial charge in [0.25, 0.3) is 0 Å². The second-order valence-corrected chi connectivity index (χ2v) is 11.9. The fraction of sp³-hybridized carbons (Fsp3) is 0.778. The first-order valence-corrected chi connectivity index (χ1v) is 10.6. The average Bonchev–Trinajstić information content (AvgIpc) is 2.47. The average molecular weight is 295 g/mol.